The Morgan fingerprint density at radius 1 is 1.08 bits per heavy atom. The third-order valence-corrected chi connectivity index (χ3v) is 7.44. The molecule has 1 saturated carbocycles. The van der Waals surface area contributed by atoms with Gasteiger partial charge in [-0.25, -0.2) is 9.97 Å². The van der Waals surface area contributed by atoms with Crippen LogP contribution < -0.4 is 10.1 Å². The van der Waals surface area contributed by atoms with E-state index in [0.29, 0.717) is 24.2 Å². The summed E-state index contributed by atoms with van der Waals surface area (Å²) < 4.78 is 13.1. The number of rotatable bonds is 6. The summed E-state index contributed by atoms with van der Waals surface area (Å²) in [7, 11) is 1.66. The van der Waals surface area contributed by atoms with Crippen LogP contribution in [0.3, 0.4) is 0 Å². The molecule has 4 heterocycles. The minimum Gasteiger partial charge on any atom is -0.497 e. The number of nitrogens with one attached hydrogen (secondary N) is 1. The number of benzene rings is 2. The normalized spacial score (nSPS) is 17.7. The summed E-state index contributed by atoms with van der Waals surface area (Å²) >= 11 is 0. The molecule has 0 radical (unpaired) electrons. The predicted octanol–water partition coefficient (Wildman–Crippen LogP) is 5.05. The van der Waals surface area contributed by atoms with Gasteiger partial charge in [0.25, 0.3) is 0 Å². The summed E-state index contributed by atoms with van der Waals surface area (Å²) in [6.45, 7) is 1.52. The van der Waals surface area contributed by atoms with Gasteiger partial charge in [0.1, 0.15) is 23.0 Å². The van der Waals surface area contributed by atoms with Gasteiger partial charge in [0.05, 0.1) is 24.4 Å². The van der Waals surface area contributed by atoms with Crippen molar-refractivity contribution >= 4 is 33.9 Å². The van der Waals surface area contributed by atoms with Crippen molar-refractivity contribution in [2.75, 3.05) is 25.5 Å². The molecule has 2 fully saturated rings. The third-order valence-electron chi connectivity index (χ3n) is 7.44. The van der Waals surface area contributed by atoms with Crippen LogP contribution in [-0.4, -0.2) is 56.6 Å². The zero-order valence-electron chi connectivity index (χ0n) is 21.1. The molecule has 2 aromatic carbocycles. The standard InChI is InChI=1S/C29H28N6O3/c1-37-22-7-8-23-24(16-22)35(27(32-23)20-6-9-25-19(15-20)11-14-38-25)26-10-12-30-29(33-26)31-21-3-2-13-34(17-21)28(36)18-4-5-18/h6-12,14-16,18,21H,2-5,13,17H2,1H3,(H,30,31,33)/t21-/m0/s1. The van der Waals surface area contributed by atoms with E-state index in [1.165, 1.54) is 0 Å². The lowest BCUT2D eigenvalue weighted by molar-refractivity contribution is -0.133. The minimum absolute atomic E-state index is 0.115. The Bertz CT molecular complexity index is 1650. The molecule has 0 unspecified atom stereocenters. The van der Waals surface area contributed by atoms with Gasteiger partial charge in [0.2, 0.25) is 11.9 Å². The van der Waals surface area contributed by atoms with Crippen molar-refractivity contribution in [3.05, 3.63) is 61.0 Å². The maximum absolute atomic E-state index is 12.6. The van der Waals surface area contributed by atoms with Crippen molar-refractivity contribution < 1.29 is 13.9 Å². The molecule has 1 atom stereocenters. The molecule has 2 aliphatic rings. The predicted molar refractivity (Wildman–Crippen MR) is 144 cm³/mol. The monoisotopic (exact) mass is 508 g/mol. The molecule has 1 N–H and O–H groups in total. The Kier molecular flexibility index (Phi) is 5.49. The number of fused-ring (bicyclic) bond motifs is 2. The summed E-state index contributed by atoms with van der Waals surface area (Å²) in [6.07, 6.45) is 7.45. The fraction of sp³-hybridized carbons (Fsp3) is 0.310. The molecule has 9 nitrogen and oxygen atoms in total. The highest BCUT2D eigenvalue weighted by Crippen LogP contribution is 2.33. The molecule has 7 rings (SSSR count). The number of ether oxygens (including phenoxy) is 1. The molecule has 38 heavy (non-hydrogen) atoms. The van der Waals surface area contributed by atoms with Gasteiger partial charge in [-0.1, -0.05) is 0 Å². The number of amides is 1. The van der Waals surface area contributed by atoms with E-state index in [1.807, 2.05) is 51.9 Å². The second-order valence-corrected chi connectivity index (χ2v) is 10.1. The molecule has 1 aliphatic carbocycles. The summed E-state index contributed by atoms with van der Waals surface area (Å²) in [5.74, 6) is 3.27. The third kappa shape index (κ3) is 4.13. The SMILES string of the molecule is COc1ccc2nc(-c3ccc4occc4c3)n(-c3ccnc(N[C@H]4CCCN(C(=O)C5CC5)C4)n3)c2c1. The highest BCUT2D eigenvalue weighted by atomic mass is 16.5. The van der Waals surface area contributed by atoms with Gasteiger partial charge in [-0.05, 0) is 68.1 Å². The molecule has 5 aromatic rings. The molecule has 1 amide bonds. The van der Waals surface area contributed by atoms with Crippen LogP contribution >= 0.6 is 0 Å². The molecule has 3 aromatic heterocycles. The molecule has 0 spiro atoms. The first-order valence-corrected chi connectivity index (χ1v) is 13.1. The number of carbonyl (C=O) groups is 1. The van der Waals surface area contributed by atoms with Crippen LogP contribution in [0.15, 0.2) is 65.4 Å². The van der Waals surface area contributed by atoms with Crippen LogP contribution in [0.25, 0.3) is 39.2 Å². The van der Waals surface area contributed by atoms with E-state index < -0.39 is 0 Å². The van der Waals surface area contributed by atoms with E-state index in [0.717, 1.165) is 71.4 Å². The summed E-state index contributed by atoms with van der Waals surface area (Å²) in [6, 6.07) is 15.8. The van der Waals surface area contributed by atoms with E-state index >= 15 is 0 Å². The lowest BCUT2D eigenvalue weighted by atomic mass is 10.1. The highest BCUT2D eigenvalue weighted by molar-refractivity contribution is 5.87. The van der Waals surface area contributed by atoms with Gasteiger partial charge in [-0.15, -0.1) is 0 Å². The number of furan rings is 1. The van der Waals surface area contributed by atoms with E-state index in [-0.39, 0.29) is 12.0 Å². The smallest absolute Gasteiger partial charge is 0.225 e. The average molecular weight is 509 g/mol. The number of nitrogens with zero attached hydrogens (tertiary/aromatic N) is 5. The van der Waals surface area contributed by atoms with Crippen LogP contribution in [0, 0.1) is 5.92 Å². The van der Waals surface area contributed by atoms with Crippen LogP contribution in [0.5, 0.6) is 5.75 Å². The van der Waals surface area contributed by atoms with Gasteiger partial charge in [0, 0.05) is 48.3 Å². The van der Waals surface area contributed by atoms with E-state index in [2.05, 4.69) is 16.4 Å². The van der Waals surface area contributed by atoms with Crippen molar-refractivity contribution in [2.45, 2.75) is 31.7 Å². The van der Waals surface area contributed by atoms with Gasteiger partial charge in [-0.3, -0.25) is 9.36 Å². The second-order valence-electron chi connectivity index (χ2n) is 10.1. The second kappa shape index (κ2) is 9.16. The first-order valence-electron chi connectivity index (χ1n) is 13.1. The zero-order valence-corrected chi connectivity index (χ0v) is 21.1. The fourth-order valence-corrected chi connectivity index (χ4v) is 5.32. The van der Waals surface area contributed by atoms with Crippen molar-refractivity contribution in [2.24, 2.45) is 5.92 Å². The van der Waals surface area contributed by atoms with Crippen molar-refractivity contribution in [1.29, 1.82) is 0 Å². The first kappa shape index (κ1) is 22.8. The largest absolute Gasteiger partial charge is 0.497 e. The topological polar surface area (TPSA) is 98.3 Å². The molecule has 0 bridgehead atoms. The quantitative estimate of drug-likeness (QED) is 0.343. The first-order chi connectivity index (χ1) is 18.7. The van der Waals surface area contributed by atoms with Crippen molar-refractivity contribution in [3.8, 4) is 23.0 Å². The molecule has 1 aliphatic heterocycles. The van der Waals surface area contributed by atoms with Crippen LogP contribution in [0.1, 0.15) is 25.7 Å². The number of methoxy groups -OCH3 is 1. The maximum atomic E-state index is 12.6. The van der Waals surface area contributed by atoms with Crippen molar-refractivity contribution in [3.63, 3.8) is 0 Å². The molecule has 192 valence electrons. The van der Waals surface area contributed by atoms with Gasteiger partial charge < -0.3 is 19.4 Å². The number of imidazole rings is 1. The number of hydrogen-bond acceptors (Lipinski definition) is 7. The summed E-state index contributed by atoms with van der Waals surface area (Å²) in [5, 5.41) is 4.50. The summed E-state index contributed by atoms with van der Waals surface area (Å²) in [5.41, 5.74) is 3.50. The van der Waals surface area contributed by atoms with Gasteiger partial charge in [-0.2, -0.15) is 4.98 Å². The van der Waals surface area contributed by atoms with E-state index in [4.69, 9.17) is 19.1 Å². The zero-order chi connectivity index (χ0) is 25.6. The lowest BCUT2D eigenvalue weighted by Gasteiger charge is -2.33. The molecular formula is C29H28N6O3. The molecule has 1 saturated heterocycles. The number of hydrogen-bond donors (Lipinski definition) is 1. The highest BCUT2D eigenvalue weighted by Gasteiger charge is 2.35. The number of anilines is 1. The average Bonchev–Trinajstić information content (AvgIpc) is 3.57. The van der Waals surface area contributed by atoms with Crippen molar-refractivity contribution in [1.82, 2.24) is 24.4 Å². The summed E-state index contributed by atoms with van der Waals surface area (Å²) in [4.78, 5) is 29.0. The Balaban J connectivity index is 1.26. The number of likely N-dealkylation sites (tertiary alicyclic amines) is 1. The number of aromatic nitrogens is 4. The molecular weight excluding hydrogens is 480 g/mol. The van der Waals surface area contributed by atoms with Crippen LogP contribution in [0.2, 0.25) is 0 Å². The molecule has 9 heteroatoms. The fourth-order valence-electron chi connectivity index (χ4n) is 5.32. The number of carbonyl (C=O) groups excluding carboxylic acids is 1. The Labute approximate surface area is 219 Å². The Morgan fingerprint density at radius 2 is 2.00 bits per heavy atom. The Morgan fingerprint density at radius 3 is 2.87 bits per heavy atom. The maximum Gasteiger partial charge on any atom is 0.225 e. The van der Waals surface area contributed by atoms with E-state index in [9.17, 15) is 4.79 Å². The van der Waals surface area contributed by atoms with Gasteiger partial charge >= 0.3 is 0 Å². The number of piperidine rings is 1. The Hall–Kier alpha value is -4.40. The minimum atomic E-state index is 0.115. The van der Waals surface area contributed by atoms with Crippen LogP contribution in [-0.2, 0) is 4.79 Å². The van der Waals surface area contributed by atoms with E-state index in [1.54, 1.807) is 19.6 Å². The lowest BCUT2D eigenvalue weighted by Crippen LogP contribution is -2.45. The van der Waals surface area contributed by atoms with Gasteiger partial charge in [0.15, 0.2) is 0 Å². The van der Waals surface area contributed by atoms with Crippen LogP contribution in [0.4, 0.5) is 5.95 Å².